The lowest BCUT2D eigenvalue weighted by molar-refractivity contribution is -0.120. The highest BCUT2D eigenvalue weighted by Crippen LogP contribution is 2.29. The number of aromatic nitrogens is 2. The fourth-order valence-corrected chi connectivity index (χ4v) is 3.78. The number of rotatable bonds is 6. The molecule has 1 fully saturated rings. The maximum Gasteiger partial charge on any atom is 0.227 e. The number of benzene rings is 2. The Morgan fingerprint density at radius 2 is 1.83 bits per heavy atom. The molecule has 4 rings (SSSR count). The normalized spacial score (nSPS) is 14.8. The third kappa shape index (κ3) is 4.53. The largest absolute Gasteiger partial charge is 0.491 e. The van der Waals surface area contributed by atoms with Crippen LogP contribution < -0.4 is 15.0 Å². The predicted molar refractivity (Wildman–Crippen MR) is 120 cm³/mol. The molecule has 1 aromatic heterocycles. The van der Waals surface area contributed by atoms with Gasteiger partial charge in [0.15, 0.2) is 0 Å². The second-order valence-corrected chi connectivity index (χ2v) is 8.17. The second-order valence-electron chi connectivity index (χ2n) is 8.17. The Kier molecular flexibility index (Phi) is 6.12. The number of para-hydroxylation sites is 3. The summed E-state index contributed by atoms with van der Waals surface area (Å²) in [4.78, 5) is 24.0. The number of carbonyl (C=O) groups is 1. The number of fused-ring (bicyclic) bond motifs is 1. The summed E-state index contributed by atoms with van der Waals surface area (Å²) in [7, 11) is 0. The van der Waals surface area contributed by atoms with E-state index in [2.05, 4.69) is 40.1 Å². The fraction of sp³-hybridized carbons (Fsp3) is 0.375. The van der Waals surface area contributed by atoms with Gasteiger partial charge in [0.25, 0.3) is 0 Å². The molecular weight excluding hydrogens is 376 g/mol. The van der Waals surface area contributed by atoms with E-state index < -0.39 is 0 Å². The van der Waals surface area contributed by atoms with Gasteiger partial charge in [0.05, 0.1) is 17.8 Å². The zero-order valence-corrected chi connectivity index (χ0v) is 17.5. The van der Waals surface area contributed by atoms with Crippen molar-refractivity contribution in [2.45, 2.75) is 26.7 Å². The van der Waals surface area contributed by atoms with Crippen LogP contribution in [-0.4, -0.2) is 35.6 Å². The van der Waals surface area contributed by atoms with Crippen molar-refractivity contribution < 1.29 is 9.53 Å². The summed E-state index contributed by atoms with van der Waals surface area (Å²) in [6.07, 6.45) is 3.20. The van der Waals surface area contributed by atoms with E-state index in [0.29, 0.717) is 12.5 Å². The Hall–Kier alpha value is -3.15. The molecule has 2 aromatic carbocycles. The van der Waals surface area contributed by atoms with Crippen molar-refractivity contribution in [1.82, 2.24) is 9.97 Å². The number of carbonyl (C=O) groups excluding carboxylic acids is 1. The number of nitrogens with one attached hydrogen (secondary N) is 1. The fourth-order valence-electron chi connectivity index (χ4n) is 3.78. The first-order valence-electron chi connectivity index (χ1n) is 10.6. The van der Waals surface area contributed by atoms with E-state index in [4.69, 9.17) is 4.74 Å². The summed E-state index contributed by atoms with van der Waals surface area (Å²) < 4.78 is 5.87. The van der Waals surface area contributed by atoms with E-state index in [0.717, 1.165) is 54.1 Å². The van der Waals surface area contributed by atoms with Gasteiger partial charge < -0.3 is 15.0 Å². The van der Waals surface area contributed by atoms with Gasteiger partial charge >= 0.3 is 0 Å². The minimum Gasteiger partial charge on any atom is -0.491 e. The Balaban J connectivity index is 1.39. The lowest BCUT2D eigenvalue weighted by Gasteiger charge is -2.32. The van der Waals surface area contributed by atoms with Crippen LogP contribution in [0.25, 0.3) is 10.9 Å². The van der Waals surface area contributed by atoms with Crippen LogP contribution in [-0.2, 0) is 4.79 Å². The highest BCUT2D eigenvalue weighted by atomic mass is 16.5. The molecule has 30 heavy (non-hydrogen) atoms. The molecule has 1 amide bonds. The summed E-state index contributed by atoms with van der Waals surface area (Å²) in [5.41, 5.74) is 1.69. The van der Waals surface area contributed by atoms with Crippen LogP contribution >= 0.6 is 0 Å². The first-order valence-corrected chi connectivity index (χ1v) is 10.6. The smallest absolute Gasteiger partial charge is 0.227 e. The Morgan fingerprint density at radius 3 is 2.63 bits per heavy atom. The van der Waals surface area contributed by atoms with Crippen molar-refractivity contribution in [3.05, 3.63) is 54.9 Å². The molecule has 0 atom stereocenters. The third-order valence-corrected chi connectivity index (χ3v) is 5.40. The van der Waals surface area contributed by atoms with Crippen LogP contribution in [0, 0.1) is 11.8 Å². The molecule has 1 N–H and O–H groups in total. The van der Waals surface area contributed by atoms with Gasteiger partial charge in [-0.1, -0.05) is 38.1 Å². The zero-order chi connectivity index (χ0) is 20.9. The van der Waals surface area contributed by atoms with Crippen LogP contribution in [0.3, 0.4) is 0 Å². The molecule has 0 unspecified atom stereocenters. The van der Waals surface area contributed by atoms with Gasteiger partial charge in [0.1, 0.15) is 17.9 Å². The van der Waals surface area contributed by atoms with Crippen LogP contribution in [0.1, 0.15) is 26.7 Å². The van der Waals surface area contributed by atoms with Crippen molar-refractivity contribution in [1.29, 1.82) is 0 Å². The van der Waals surface area contributed by atoms with E-state index >= 15 is 0 Å². The third-order valence-electron chi connectivity index (χ3n) is 5.40. The number of nitrogens with zero attached hydrogens (tertiary/aromatic N) is 3. The van der Waals surface area contributed by atoms with Gasteiger partial charge in [-0.2, -0.15) is 0 Å². The molecule has 0 bridgehead atoms. The summed E-state index contributed by atoms with van der Waals surface area (Å²) >= 11 is 0. The van der Waals surface area contributed by atoms with E-state index in [-0.39, 0.29) is 11.8 Å². The van der Waals surface area contributed by atoms with E-state index in [1.807, 2.05) is 42.5 Å². The zero-order valence-electron chi connectivity index (χ0n) is 17.5. The van der Waals surface area contributed by atoms with Crippen molar-refractivity contribution in [3.63, 3.8) is 0 Å². The number of amides is 1. The lowest BCUT2D eigenvalue weighted by Crippen LogP contribution is -2.38. The molecule has 2 heterocycles. The van der Waals surface area contributed by atoms with Crippen molar-refractivity contribution in [3.8, 4) is 5.75 Å². The quantitative estimate of drug-likeness (QED) is 0.654. The summed E-state index contributed by atoms with van der Waals surface area (Å²) in [6.45, 7) is 6.43. The van der Waals surface area contributed by atoms with Crippen molar-refractivity contribution in [2.75, 3.05) is 29.9 Å². The number of ether oxygens (including phenoxy) is 1. The molecule has 1 aliphatic heterocycles. The molecule has 0 radical (unpaired) electrons. The van der Waals surface area contributed by atoms with Crippen LogP contribution in [0.4, 0.5) is 11.5 Å². The average Bonchev–Trinajstić information content (AvgIpc) is 2.78. The van der Waals surface area contributed by atoms with Gasteiger partial charge in [0, 0.05) is 24.4 Å². The number of hydrogen-bond donors (Lipinski definition) is 1. The second kappa shape index (κ2) is 9.11. The predicted octanol–water partition coefficient (Wildman–Crippen LogP) is 4.52. The van der Waals surface area contributed by atoms with Gasteiger partial charge in [-0.25, -0.2) is 9.97 Å². The highest BCUT2D eigenvalue weighted by molar-refractivity contribution is 5.94. The average molecular weight is 405 g/mol. The number of piperidine rings is 1. The summed E-state index contributed by atoms with van der Waals surface area (Å²) in [5, 5.41) is 4.13. The maximum atomic E-state index is 12.9. The Bertz CT molecular complexity index is 1010. The van der Waals surface area contributed by atoms with Crippen molar-refractivity contribution in [2.24, 2.45) is 11.8 Å². The summed E-state index contributed by atoms with van der Waals surface area (Å²) in [5.74, 6) is 2.14. The van der Waals surface area contributed by atoms with Gasteiger partial charge in [-0.15, -0.1) is 0 Å². The van der Waals surface area contributed by atoms with Gasteiger partial charge in [-0.05, 0) is 43.0 Å². The molecule has 1 saturated heterocycles. The van der Waals surface area contributed by atoms with Crippen LogP contribution in [0.5, 0.6) is 5.75 Å². The Morgan fingerprint density at radius 1 is 1.10 bits per heavy atom. The van der Waals surface area contributed by atoms with Crippen LogP contribution in [0.15, 0.2) is 54.9 Å². The minimum atomic E-state index is -0.0208. The maximum absolute atomic E-state index is 12.9. The van der Waals surface area contributed by atoms with Crippen LogP contribution in [0.2, 0.25) is 0 Å². The molecule has 156 valence electrons. The molecule has 1 aliphatic rings. The SMILES string of the molecule is CC(C)COc1ccccc1NC(=O)C1CCN(c2ncnc3ccccc23)CC1. The first-order chi connectivity index (χ1) is 14.6. The summed E-state index contributed by atoms with van der Waals surface area (Å²) in [6, 6.07) is 15.7. The van der Waals surface area contributed by atoms with Crippen molar-refractivity contribution >= 4 is 28.3 Å². The Labute approximate surface area is 177 Å². The molecule has 3 aromatic rings. The minimum absolute atomic E-state index is 0.0208. The first kappa shape index (κ1) is 20.1. The highest BCUT2D eigenvalue weighted by Gasteiger charge is 2.27. The molecule has 6 nitrogen and oxygen atoms in total. The molecule has 6 heteroatoms. The number of anilines is 2. The molecule has 0 spiro atoms. The monoisotopic (exact) mass is 404 g/mol. The number of hydrogen-bond acceptors (Lipinski definition) is 5. The van der Waals surface area contributed by atoms with Gasteiger partial charge in [-0.3, -0.25) is 4.79 Å². The van der Waals surface area contributed by atoms with E-state index in [1.165, 1.54) is 0 Å². The lowest BCUT2D eigenvalue weighted by atomic mass is 9.95. The van der Waals surface area contributed by atoms with Gasteiger partial charge in [0.2, 0.25) is 5.91 Å². The molecule has 0 saturated carbocycles. The molecular formula is C24H28N4O2. The topological polar surface area (TPSA) is 67.3 Å². The molecule has 0 aliphatic carbocycles. The standard InChI is InChI=1S/C24H28N4O2/c1-17(2)15-30-22-10-6-5-9-21(22)27-24(29)18-11-13-28(14-12-18)23-19-7-3-4-8-20(19)25-16-26-23/h3-10,16-18H,11-15H2,1-2H3,(H,27,29). The van der Waals surface area contributed by atoms with E-state index in [9.17, 15) is 4.79 Å². The van der Waals surface area contributed by atoms with E-state index in [1.54, 1.807) is 6.33 Å².